The van der Waals surface area contributed by atoms with Gasteiger partial charge in [0.1, 0.15) is 61.6 Å². The van der Waals surface area contributed by atoms with Crippen LogP contribution in [0.1, 0.15) is 0 Å². The number of rotatable bonds is 5. The molecule has 10 heteroatoms. The van der Waals surface area contributed by atoms with Crippen molar-refractivity contribution in [2.24, 2.45) is 0 Å². The molecule has 55 heavy (non-hydrogen) atoms. The van der Waals surface area contributed by atoms with Crippen molar-refractivity contribution in [1.82, 2.24) is 15.0 Å². The first-order valence-electron chi connectivity index (χ1n) is 17.6. The van der Waals surface area contributed by atoms with Crippen LogP contribution < -0.4 is 27.3 Å². The summed E-state index contributed by atoms with van der Waals surface area (Å²) in [4.78, 5) is 15.1. The Balaban J connectivity index is 1.14. The zero-order valence-corrected chi connectivity index (χ0v) is 29.2. The Bertz CT molecular complexity index is 3130. The van der Waals surface area contributed by atoms with Gasteiger partial charge in [0.05, 0.1) is 0 Å². The summed E-state index contributed by atoms with van der Waals surface area (Å²) in [5, 5.41) is 3.98. The topological polar surface area (TPSA) is 65.0 Å². The second-order valence-electron chi connectivity index (χ2n) is 13.5. The number of hydrogen-bond donors (Lipinski definition) is 0. The molecule has 3 aromatic heterocycles. The molecule has 0 aliphatic rings. The van der Waals surface area contributed by atoms with Crippen LogP contribution in [0.2, 0.25) is 0 Å². The molecule has 0 fully saturated rings. The minimum atomic E-state index is 0.168. The lowest BCUT2D eigenvalue weighted by atomic mass is 9.59. The number of benzene rings is 7. The van der Waals surface area contributed by atoms with Gasteiger partial charge < -0.3 is 8.83 Å². The summed E-state index contributed by atoms with van der Waals surface area (Å²) in [6.45, 7) is 0. The van der Waals surface area contributed by atoms with Crippen molar-refractivity contribution >= 4 is 110 Å². The first kappa shape index (κ1) is 33.1. The molecule has 0 aliphatic heterocycles. The molecule has 244 valence electrons. The summed E-state index contributed by atoms with van der Waals surface area (Å²) >= 11 is 0. The molecule has 0 saturated carbocycles. The fraction of sp³-hybridized carbons (Fsp3) is 0. The highest BCUT2D eigenvalue weighted by Gasteiger charge is 2.20. The Kier molecular flexibility index (Phi) is 7.70. The van der Waals surface area contributed by atoms with Gasteiger partial charge in [0.25, 0.3) is 0 Å². The normalized spacial score (nSPS) is 11.6. The van der Waals surface area contributed by atoms with Crippen LogP contribution in [0.3, 0.4) is 0 Å². The van der Waals surface area contributed by atoms with E-state index >= 15 is 0 Å². The van der Waals surface area contributed by atoms with Gasteiger partial charge in [-0.15, -0.1) is 16.4 Å². The zero-order chi connectivity index (χ0) is 37.4. The zero-order valence-electron chi connectivity index (χ0n) is 29.2. The lowest BCUT2D eigenvalue weighted by molar-refractivity contribution is 0.668. The standard InChI is InChI=1S/C45H22B5N3O2/c46-37-35(38(47)40(49)41(50)39(37)48)23-16-18-25(19-17-23)44-51-43(24-8-2-1-3-9-24)52-45(53-44)30-13-7-15-34-36(30)31-22-26(20-21-33(31)54-34)27-11-6-12-29-28-10-4-5-14-32(28)55-42(27)29/h1-22H. The van der Waals surface area contributed by atoms with E-state index < -0.39 is 0 Å². The molecule has 10 radical (unpaired) electrons. The third-order valence-corrected chi connectivity index (χ3v) is 10.2. The highest BCUT2D eigenvalue weighted by Crippen LogP contribution is 2.41. The molecule has 5 nitrogen and oxygen atoms in total. The molecular formula is C45H22B5N3O2. The fourth-order valence-electron chi connectivity index (χ4n) is 7.44. The van der Waals surface area contributed by atoms with Crippen molar-refractivity contribution in [1.29, 1.82) is 0 Å². The summed E-state index contributed by atoms with van der Waals surface area (Å²) in [5.74, 6) is 1.51. The van der Waals surface area contributed by atoms with E-state index in [2.05, 4.69) is 36.4 Å². The van der Waals surface area contributed by atoms with E-state index in [1.165, 1.54) is 0 Å². The van der Waals surface area contributed by atoms with Gasteiger partial charge >= 0.3 is 0 Å². The fourth-order valence-corrected chi connectivity index (χ4v) is 7.44. The van der Waals surface area contributed by atoms with E-state index in [1.54, 1.807) is 0 Å². The van der Waals surface area contributed by atoms with Gasteiger partial charge in [0.2, 0.25) is 0 Å². The predicted octanol–water partition coefficient (Wildman–Crippen LogP) is 5.97. The first-order chi connectivity index (χ1) is 26.8. The second-order valence-corrected chi connectivity index (χ2v) is 13.5. The van der Waals surface area contributed by atoms with E-state index in [-0.39, 0.29) is 27.3 Å². The number of nitrogens with zero attached hydrogens (tertiary/aromatic N) is 3. The van der Waals surface area contributed by atoms with E-state index in [4.69, 9.17) is 63.0 Å². The van der Waals surface area contributed by atoms with Crippen LogP contribution >= 0.6 is 0 Å². The lowest BCUT2D eigenvalue weighted by Gasteiger charge is -2.21. The maximum atomic E-state index is 6.43. The summed E-state index contributed by atoms with van der Waals surface area (Å²) in [5.41, 5.74) is 9.89. The molecular weight excluding hydrogens is 669 g/mol. The van der Waals surface area contributed by atoms with Crippen molar-refractivity contribution in [2.75, 3.05) is 0 Å². The van der Waals surface area contributed by atoms with E-state index in [0.717, 1.165) is 77.3 Å². The molecule has 0 atom stereocenters. The molecule has 0 aliphatic carbocycles. The Morgan fingerprint density at radius 3 is 1.67 bits per heavy atom. The minimum Gasteiger partial charge on any atom is -0.456 e. The molecule has 7 aromatic carbocycles. The quantitative estimate of drug-likeness (QED) is 0.208. The van der Waals surface area contributed by atoms with E-state index in [9.17, 15) is 0 Å². The average molecular weight is 691 g/mol. The third kappa shape index (κ3) is 5.35. The number of hydrogen-bond acceptors (Lipinski definition) is 5. The van der Waals surface area contributed by atoms with Crippen LogP contribution in [0.15, 0.2) is 142 Å². The van der Waals surface area contributed by atoms with Gasteiger partial charge in [-0.1, -0.05) is 120 Å². The summed E-state index contributed by atoms with van der Waals surface area (Å²) in [7, 11) is 31.1. The average Bonchev–Trinajstić information content (AvgIpc) is 3.81. The van der Waals surface area contributed by atoms with Crippen molar-refractivity contribution in [3.63, 3.8) is 0 Å². The van der Waals surface area contributed by atoms with Crippen molar-refractivity contribution < 1.29 is 8.83 Å². The highest BCUT2D eigenvalue weighted by molar-refractivity contribution is 6.68. The van der Waals surface area contributed by atoms with Gasteiger partial charge in [0, 0.05) is 43.8 Å². The van der Waals surface area contributed by atoms with Crippen LogP contribution in [0.25, 0.3) is 100 Å². The van der Waals surface area contributed by atoms with Gasteiger partial charge in [-0.2, -0.15) is 0 Å². The predicted molar refractivity (Wildman–Crippen MR) is 229 cm³/mol. The largest absolute Gasteiger partial charge is 0.456 e. The van der Waals surface area contributed by atoms with Crippen LogP contribution in [0.4, 0.5) is 0 Å². The Hall–Kier alpha value is -6.53. The molecule has 0 amide bonds. The smallest absolute Gasteiger partial charge is 0.164 e. The lowest BCUT2D eigenvalue weighted by Crippen LogP contribution is -2.55. The van der Waals surface area contributed by atoms with Crippen molar-refractivity contribution in [3.05, 3.63) is 133 Å². The highest BCUT2D eigenvalue weighted by atomic mass is 16.3. The van der Waals surface area contributed by atoms with Crippen LogP contribution in [-0.2, 0) is 0 Å². The molecule has 3 heterocycles. The van der Waals surface area contributed by atoms with Gasteiger partial charge in [-0.05, 0) is 41.0 Å². The van der Waals surface area contributed by atoms with Crippen LogP contribution in [0.5, 0.6) is 0 Å². The number of para-hydroxylation sites is 2. The molecule has 10 aromatic rings. The Morgan fingerprint density at radius 2 is 0.909 bits per heavy atom. The number of aromatic nitrogens is 3. The summed E-state index contributed by atoms with van der Waals surface area (Å²) < 4.78 is 12.8. The van der Waals surface area contributed by atoms with Crippen LogP contribution in [0, 0.1) is 0 Å². The molecule has 0 bridgehead atoms. The van der Waals surface area contributed by atoms with E-state index in [1.807, 2.05) is 97.1 Å². The number of fused-ring (bicyclic) bond motifs is 6. The SMILES string of the molecule is [B]c1c([B])c([B])c(-c2ccc(-c3nc(-c4ccccc4)nc(-c4cccc5oc6ccc(-c7cccc8c7oc7ccccc78)cc6c45)n3)cc2)c([B])c1[B]. The Morgan fingerprint density at radius 1 is 0.364 bits per heavy atom. The van der Waals surface area contributed by atoms with Gasteiger partial charge in [0.15, 0.2) is 17.5 Å². The summed E-state index contributed by atoms with van der Waals surface area (Å²) in [6.07, 6.45) is 0. The monoisotopic (exact) mass is 691 g/mol. The minimum absolute atomic E-state index is 0.168. The third-order valence-electron chi connectivity index (χ3n) is 10.2. The maximum absolute atomic E-state index is 6.43. The van der Waals surface area contributed by atoms with E-state index in [0.29, 0.717) is 23.0 Å². The summed E-state index contributed by atoms with van der Waals surface area (Å²) in [6, 6.07) is 43.9. The van der Waals surface area contributed by atoms with Crippen LogP contribution in [-0.4, -0.2) is 54.2 Å². The number of furan rings is 2. The molecule has 0 N–H and O–H groups in total. The van der Waals surface area contributed by atoms with Crippen molar-refractivity contribution in [2.45, 2.75) is 0 Å². The van der Waals surface area contributed by atoms with Gasteiger partial charge in [-0.3, -0.25) is 0 Å². The maximum Gasteiger partial charge on any atom is 0.164 e. The second kappa shape index (κ2) is 12.8. The van der Waals surface area contributed by atoms with Gasteiger partial charge in [-0.25, -0.2) is 15.0 Å². The molecule has 0 saturated heterocycles. The molecule has 0 unspecified atom stereocenters. The molecule has 10 rings (SSSR count). The first-order valence-corrected chi connectivity index (χ1v) is 17.6. The van der Waals surface area contributed by atoms with Crippen molar-refractivity contribution in [3.8, 4) is 56.4 Å². The molecule has 0 spiro atoms. The Labute approximate surface area is 322 Å².